The van der Waals surface area contributed by atoms with Gasteiger partial charge in [0.25, 0.3) is 5.56 Å². The molecule has 2 heterocycles. The average Bonchev–Trinajstić information content (AvgIpc) is 2.87. The topological polar surface area (TPSA) is 60.1 Å². The van der Waals surface area contributed by atoms with Crippen LogP contribution in [0.3, 0.4) is 0 Å². The van der Waals surface area contributed by atoms with Crippen LogP contribution < -0.4 is 5.56 Å². The Labute approximate surface area is 136 Å². The van der Waals surface area contributed by atoms with Gasteiger partial charge in [0.15, 0.2) is 5.52 Å². The summed E-state index contributed by atoms with van der Waals surface area (Å²) in [7, 11) is 1.65. The van der Waals surface area contributed by atoms with E-state index in [0.717, 1.165) is 0 Å². The van der Waals surface area contributed by atoms with Gasteiger partial charge < -0.3 is 9.67 Å². The number of aryl methyl sites for hydroxylation is 2. The van der Waals surface area contributed by atoms with Crippen molar-refractivity contribution in [2.75, 3.05) is 0 Å². The minimum Gasteiger partial charge on any atom is -0.382 e. The molecule has 120 valence electrons. The fraction of sp³-hybridized carbons (Fsp3) is 0.250. The number of pyridine rings is 1. The molecule has 0 saturated heterocycles. The van der Waals surface area contributed by atoms with Gasteiger partial charge in [-0.1, -0.05) is 17.7 Å². The van der Waals surface area contributed by atoms with Gasteiger partial charge in [0, 0.05) is 25.2 Å². The molecule has 1 atom stereocenters. The Morgan fingerprint density at radius 1 is 1.39 bits per heavy atom. The minimum atomic E-state index is -1.07. The van der Waals surface area contributed by atoms with E-state index >= 15 is 0 Å². The Bertz CT molecular complexity index is 948. The molecule has 3 aromatic rings. The lowest BCUT2D eigenvalue weighted by Crippen LogP contribution is -2.18. The van der Waals surface area contributed by atoms with Crippen molar-refractivity contribution in [1.82, 2.24) is 14.3 Å². The van der Waals surface area contributed by atoms with Crippen LogP contribution in [0.1, 0.15) is 24.3 Å². The zero-order chi connectivity index (χ0) is 16.7. The molecule has 1 N–H and O–H groups in total. The van der Waals surface area contributed by atoms with Crippen LogP contribution >= 0.6 is 11.6 Å². The van der Waals surface area contributed by atoms with Crippen molar-refractivity contribution in [3.05, 3.63) is 62.9 Å². The van der Waals surface area contributed by atoms with Gasteiger partial charge in [0.2, 0.25) is 0 Å². The molecule has 0 aliphatic carbocycles. The maximum absolute atomic E-state index is 13.3. The molecule has 1 unspecified atom stereocenters. The zero-order valence-corrected chi connectivity index (χ0v) is 13.4. The molecule has 0 aliphatic heterocycles. The first-order valence-corrected chi connectivity index (χ1v) is 7.51. The van der Waals surface area contributed by atoms with Gasteiger partial charge in [0.05, 0.1) is 10.7 Å². The zero-order valence-electron chi connectivity index (χ0n) is 12.6. The van der Waals surface area contributed by atoms with E-state index in [2.05, 4.69) is 5.10 Å². The highest BCUT2D eigenvalue weighted by Gasteiger charge is 2.21. The van der Waals surface area contributed by atoms with Gasteiger partial charge in [-0.3, -0.25) is 9.48 Å². The summed E-state index contributed by atoms with van der Waals surface area (Å²) in [4.78, 5) is 12.3. The van der Waals surface area contributed by atoms with Gasteiger partial charge in [-0.05, 0) is 30.7 Å². The standard InChI is InChI=1S/C16H15ClFN3O2/c1-3-21-7-6-10-13(16(21)23)19-20(2)14(10)15(22)9-4-5-12(18)11(17)8-9/h4-8,15,22H,3H2,1-2H3. The fourth-order valence-corrected chi connectivity index (χ4v) is 2.85. The van der Waals surface area contributed by atoms with Crippen LogP contribution in [0.4, 0.5) is 4.39 Å². The first-order chi connectivity index (χ1) is 10.9. The summed E-state index contributed by atoms with van der Waals surface area (Å²) in [6, 6.07) is 5.77. The number of rotatable bonds is 3. The van der Waals surface area contributed by atoms with E-state index in [1.165, 1.54) is 22.9 Å². The van der Waals surface area contributed by atoms with E-state index in [1.807, 2.05) is 6.92 Å². The van der Waals surface area contributed by atoms with Gasteiger partial charge in [0.1, 0.15) is 11.9 Å². The van der Waals surface area contributed by atoms with Crippen LogP contribution in [-0.4, -0.2) is 19.5 Å². The number of aliphatic hydroxyl groups excluding tert-OH is 1. The number of hydrogen-bond acceptors (Lipinski definition) is 3. The van der Waals surface area contributed by atoms with Gasteiger partial charge in [-0.2, -0.15) is 5.10 Å². The highest BCUT2D eigenvalue weighted by molar-refractivity contribution is 6.30. The SMILES string of the molecule is CCn1ccc2c(C(O)c3ccc(F)c(Cl)c3)n(C)nc2c1=O. The molecule has 0 spiro atoms. The Hall–Kier alpha value is -2.18. The van der Waals surface area contributed by atoms with E-state index in [9.17, 15) is 14.3 Å². The molecule has 0 saturated carbocycles. The van der Waals surface area contributed by atoms with E-state index in [0.29, 0.717) is 28.7 Å². The molecule has 0 aliphatic rings. The van der Waals surface area contributed by atoms with Crippen LogP contribution in [-0.2, 0) is 13.6 Å². The number of aliphatic hydroxyl groups is 1. The molecule has 1 aromatic carbocycles. The summed E-state index contributed by atoms with van der Waals surface area (Å²) in [5, 5.41) is 15.4. The van der Waals surface area contributed by atoms with E-state index in [4.69, 9.17) is 11.6 Å². The number of fused-ring (bicyclic) bond motifs is 1. The first-order valence-electron chi connectivity index (χ1n) is 7.13. The summed E-state index contributed by atoms with van der Waals surface area (Å²) in [6.45, 7) is 2.41. The van der Waals surface area contributed by atoms with Crippen LogP contribution in [0.25, 0.3) is 10.9 Å². The Morgan fingerprint density at radius 2 is 2.13 bits per heavy atom. The van der Waals surface area contributed by atoms with Crippen molar-refractivity contribution in [2.24, 2.45) is 7.05 Å². The molecular weight excluding hydrogens is 321 g/mol. The lowest BCUT2D eigenvalue weighted by molar-refractivity contribution is 0.211. The van der Waals surface area contributed by atoms with Crippen molar-refractivity contribution >= 4 is 22.5 Å². The van der Waals surface area contributed by atoms with Crippen molar-refractivity contribution in [3.63, 3.8) is 0 Å². The van der Waals surface area contributed by atoms with E-state index in [1.54, 1.807) is 23.9 Å². The van der Waals surface area contributed by atoms with Gasteiger partial charge in [-0.15, -0.1) is 0 Å². The van der Waals surface area contributed by atoms with Crippen molar-refractivity contribution < 1.29 is 9.50 Å². The van der Waals surface area contributed by atoms with Crippen molar-refractivity contribution in [1.29, 1.82) is 0 Å². The highest BCUT2D eigenvalue weighted by Crippen LogP contribution is 2.29. The number of halogens is 2. The molecule has 5 nitrogen and oxygen atoms in total. The molecule has 0 amide bonds. The maximum Gasteiger partial charge on any atom is 0.278 e. The molecule has 7 heteroatoms. The third kappa shape index (κ3) is 2.54. The van der Waals surface area contributed by atoms with E-state index in [-0.39, 0.29) is 10.6 Å². The van der Waals surface area contributed by atoms with Gasteiger partial charge in [-0.25, -0.2) is 4.39 Å². The van der Waals surface area contributed by atoms with Crippen molar-refractivity contribution in [3.8, 4) is 0 Å². The highest BCUT2D eigenvalue weighted by atomic mass is 35.5. The van der Waals surface area contributed by atoms with Crippen LogP contribution in [0, 0.1) is 5.82 Å². The maximum atomic E-state index is 13.3. The summed E-state index contributed by atoms with van der Waals surface area (Å²) in [5.41, 5.74) is 0.972. The number of aromatic nitrogens is 3. The monoisotopic (exact) mass is 335 g/mol. The summed E-state index contributed by atoms with van der Waals surface area (Å²) in [5.74, 6) is -0.552. The largest absolute Gasteiger partial charge is 0.382 e. The summed E-state index contributed by atoms with van der Waals surface area (Å²) in [6.07, 6.45) is 0.597. The lowest BCUT2D eigenvalue weighted by atomic mass is 10.0. The van der Waals surface area contributed by atoms with E-state index < -0.39 is 11.9 Å². The Balaban J connectivity index is 2.19. The Kier molecular flexibility index (Phi) is 3.95. The Morgan fingerprint density at radius 3 is 2.78 bits per heavy atom. The normalized spacial score (nSPS) is 12.7. The van der Waals surface area contributed by atoms with Crippen LogP contribution in [0.2, 0.25) is 5.02 Å². The fourth-order valence-electron chi connectivity index (χ4n) is 2.66. The van der Waals surface area contributed by atoms with Crippen LogP contribution in [0.15, 0.2) is 35.3 Å². The minimum absolute atomic E-state index is 0.0682. The smallest absolute Gasteiger partial charge is 0.278 e. The summed E-state index contributed by atoms with van der Waals surface area (Å²) >= 11 is 5.78. The second kappa shape index (κ2) is 5.79. The van der Waals surface area contributed by atoms with Crippen LogP contribution in [0.5, 0.6) is 0 Å². The molecule has 0 bridgehead atoms. The number of nitrogens with zero attached hydrogens (tertiary/aromatic N) is 3. The molecule has 2 aromatic heterocycles. The van der Waals surface area contributed by atoms with Gasteiger partial charge >= 0.3 is 0 Å². The molecule has 23 heavy (non-hydrogen) atoms. The molecule has 0 radical (unpaired) electrons. The third-order valence-electron chi connectivity index (χ3n) is 3.87. The molecular formula is C16H15ClFN3O2. The lowest BCUT2D eigenvalue weighted by Gasteiger charge is -2.13. The van der Waals surface area contributed by atoms with Crippen molar-refractivity contribution in [2.45, 2.75) is 19.6 Å². The number of benzene rings is 1. The predicted octanol–water partition coefficient (Wildman–Crippen LogP) is 2.63. The average molecular weight is 336 g/mol. The quantitative estimate of drug-likeness (QED) is 0.800. The second-order valence-corrected chi connectivity index (χ2v) is 5.66. The third-order valence-corrected chi connectivity index (χ3v) is 4.16. The molecule has 3 rings (SSSR count). The second-order valence-electron chi connectivity index (χ2n) is 5.25. The molecule has 0 fully saturated rings. The summed E-state index contributed by atoms with van der Waals surface area (Å²) < 4.78 is 16.3. The first kappa shape index (κ1) is 15.7. The predicted molar refractivity (Wildman–Crippen MR) is 86.1 cm³/mol. The number of hydrogen-bond donors (Lipinski definition) is 1.